The number of hydrogen-bond donors (Lipinski definition) is 1. The number of imide groups is 1. The van der Waals surface area contributed by atoms with E-state index < -0.39 is 11.5 Å². The van der Waals surface area contributed by atoms with Gasteiger partial charge in [-0.3, -0.25) is 24.6 Å². The Labute approximate surface area is 136 Å². The van der Waals surface area contributed by atoms with Crippen LogP contribution in [-0.2, 0) is 19.8 Å². The third-order valence-electron chi connectivity index (χ3n) is 4.86. The predicted molar refractivity (Wildman–Crippen MR) is 87.2 cm³/mol. The van der Waals surface area contributed by atoms with Crippen LogP contribution in [0.15, 0.2) is 18.2 Å². The van der Waals surface area contributed by atoms with E-state index in [0.717, 1.165) is 16.8 Å². The summed E-state index contributed by atoms with van der Waals surface area (Å²) in [7, 11) is 0. The molecule has 2 heterocycles. The fraction of sp³-hybridized carbons (Fsp3) is 0.500. The molecule has 0 radical (unpaired) electrons. The Morgan fingerprint density at radius 2 is 1.91 bits per heavy atom. The smallest absolute Gasteiger partial charge is 0.249 e. The van der Waals surface area contributed by atoms with Crippen LogP contribution in [0.3, 0.4) is 0 Å². The van der Waals surface area contributed by atoms with Gasteiger partial charge in [0.1, 0.15) is 6.04 Å². The monoisotopic (exact) mass is 314 g/mol. The SMILES string of the molecule is CC(C)c1cccc2c1C(C)(C)C(=O)N2C1CCC(=O)NC1=O. The molecule has 1 N–H and O–H groups in total. The number of fused-ring (bicyclic) bond motifs is 1. The van der Waals surface area contributed by atoms with Gasteiger partial charge in [-0.1, -0.05) is 26.0 Å². The standard InChI is InChI=1S/C18H22N2O3/c1-10(2)11-6-5-7-12-15(11)18(3,4)17(23)20(12)13-8-9-14(21)19-16(13)22/h5-7,10,13H,8-9H2,1-4H3,(H,19,21,22). The highest BCUT2D eigenvalue weighted by molar-refractivity contribution is 6.13. The summed E-state index contributed by atoms with van der Waals surface area (Å²) in [5, 5.41) is 2.35. The van der Waals surface area contributed by atoms with Crippen LogP contribution >= 0.6 is 0 Å². The molecule has 0 aliphatic carbocycles. The molecule has 23 heavy (non-hydrogen) atoms. The van der Waals surface area contributed by atoms with Gasteiger partial charge < -0.3 is 0 Å². The molecule has 3 rings (SSSR count). The number of rotatable bonds is 2. The number of nitrogens with zero attached hydrogens (tertiary/aromatic N) is 1. The summed E-state index contributed by atoms with van der Waals surface area (Å²) in [6.07, 6.45) is 0.637. The van der Waals surface area contributed by atoms with Crippen LogP contribution < -0.4 is 10.2 Å². The first-order valence-electron chi connectivity index (χ1n) is 8.06. The van der Waals surface area contributed by atoms with Gasteiger partial charge in [0.25, 0.3) is 0 Å². The van der Waals surface area contributed by atoms with E-state index in [0.29, 0.717) is 12.3 Å². The Balaban J connectivity index is 2.12. The van der Waals surface area contributed by atoms with Crippen LogP contribution in [0.5, 0.6) is 0 Å². The van der Waals surface area contributed by atoms with Crippen LogP contribution in [0.2, 0.25) is 0 Å². The molecule has 5 heteroatoms. The lowest BCUT2D eigenvalue weighted by Crippen LogP contribution is -2.55. The molecule has 1 saturated heterocycles. The molecule has 2 aliphatic rings. The van der Waals surface area contributed by atoms with Crippen LogP contribution in [0.4, 0.5) is 5.69 Å². The fourth-order valence-electron chi connectivity index (χ4n) is 3.68. The van der Waals surface area contributed by atoms with Crippen molar-refractivity contribution in [3.05, 3.63) is 29.3 Å². The van der Waals surface area contributed by atoms with Gasteiger partial charge in [-0.05, 0) is 43.4 Å². The zero-order valence-corrected chi connectivity index (χ0v) is 14.0. The lowest BCUT2D eigenvalue weighted by atomic mass is 9.80. The van der Waals surface area contributed by atoms with Gasteiger partial charge in [0, 0.05) is 12.1 Å². The van der Waals surface area contributed by atoms with E-state index in [1.807, 2.05) is 32.0 Å². The van der Waals surface area contributed by atoms with Crippen molar-refractivity contribution in [1.29, 1.82) is 0 Å². The van der Waals surface area contributed by atoms with Crippen LogP contribution in [-0.4, -0.2) is 23.8 Å². The van der Waals surface area contributed by atoms with E-state index in [9.17, 15) is 14.4 Å². The maximum atomic E-state index is 13.0. The average molecular weight is 314 g/mol. The highest BCUT2D eigenvalue weighted by atomic mass is 16.2. The molecule has 1 aromatic rings. The van der Waals surface area contributed by atoms with Gasteiger partial charge in [0.05, 0.1) is 5.41 Å². The van der Waals surface area contributed by atoms with E-state index in [1.54, 1.807) is 4.90 Å². The molecular weight excluding hydrogens is 292 g/mol. The topological polar surface area (TPSA) is 66.5 Å². The molecule has 1 atom stereocenters. The molecule has 5 nitrogen and oxygen atoms in total. The number of anilines is 1. The molecule has 122 valence electrons. The number of carbonyl (C=O) groups excluding carboxylic acids is 3. The Hall–Kier alpha value is -2.17. The first-order chi connectivity index (χ1) is 10.7. The van der Waals surface area contributed by atoms with E-state index in [2.05, 4.69) is 19.2 Å². The second kappa shape index (κ2) is 5.18. The number of amides is 3. The summed E-state index contributed by atoms with van der Waals surface area (Å²) in [5.41, 5.74) is 2.28. The minimum Gasteiger partial charge on any atom is -0.299 e. The summed E-state index contributed by atoms with van der Waals surface area (Å²) in [6, 6.07) is 5.27. The molecule has 0 aromatic heterocycles. The van der Waals surface area contributed by atoms with Crippen molar-refractivity contribution in [1.82, 2.24) is 5.32 Å². The zero-order chi connectivity index (χ0) is 16.9. The van der Waals surface area contributed by atoms with Gasteiger partial charge >= 0.3 is 0 Å². The first-order valence-corrected chi connectivity index (χ1v) is 8.06. The maximum absolute atomic E-state index is 13.0. The summed E-state index contributed by atoms with van der Waals surface area (Å²) in [6.45, 7) is 8.02. The van der Waals surface area contributed by atoms with Crippen molar-refractivity contribution in [3.63, 3.8) is 0 Å². The third-order valence-corrected chi connectivity index (χ3v) is 4.86. The predicted octanol–water partition coefficient (Wildman–Crippen LogP) is 2.24. The molecule has 2 aliphatic heterocycles. The van der Waals surface area contributed by atoms with Crippen molar-refractivity contribution < 1.29 is 14.4 Å². The van der Waals surface area contributed by atoms with Crippen LogP contribution in [0.25, 0.3) is 0 Å². The van der Waals surface area contributed by atoms with Gasteiger partial charge in [0.15, 0.2) is 0 Å². The van der Waals surface area contributed by atoms with Crippen molar-refractivity contribution in [2.75, 3.05) is 4.90 Å². The molecule has 0 saturated carbocycles. The van der Waals surface area contributed by atoms with Crippen molar-refractivity contribution in [2.45, 2.75) is 57.9 Å². The summed E-state index contributed by atoms with van der Waals surface area (Å²) in [5.74, 6) is -0.435. The number of nitrogens with one attached hydrogen (secondary N) is 1. The van der Waals surface area contributed by atoms with Crippen LogP contribution in [0.1, 0.15) is 57.6 Å². The Morgan fingerprint density at radius 1 is 1.22 bits per heavy atom. The molecular formula is C18H22N2O3. The zero-order valence-electron chi connectivity index (χ0n) is 14.0. The third kappa shape index (κ3) is 2.26. The lowest BCUT2D eigenvalue weighted by Gasteiger charge is -2.31. The number of carbonyl (C=O) groups is 3. The van der Waals surface area contributed by atoms with Gasteiger partial charge in [0.2, 0.25) is 17.7 Å². The van der Waals surface area contributed by atoms with Crippen LogP contribution in [0, 0.1) is 0 Å². The Kier molecular flexibility index (Phi) is 3.54. The quantitative estimate of drug-likeness (QED) is 0.851. The summed E-state index contributed by atoms with van der Waals surface area (Å²) in [4.78, 5) is 38.3. The largest absolute Gasteiger partial charge is 0.299 e. The van der Waals surface area contributed by atoms with Gasteiger partial charge in [-0.25, -0.2) is 0 Å². The van der Waals surface area contributed by atoms with Crippen molar-refractivity contribution in [3.8, 4) is 0 Å². The Bertz CT molecular complexity index is 706. The first kappa shape index (κ1) is 15.7. The minimum atomic E-state index is -0.669. The fourth-order valence-corrected chi connectivity index (χ4v) is 3.68. The highest BCUT2D eigenvalue weighted by Gasteiger charge is 2.50. The minimum absolute atomic E-state index is 0.0740. The molecule has 0 bridgehead atoms. The van der Waals surface area contributed by atoms with Gasteiger partial charge in [-0.2, -0.15) is 0 Å². The van der Waals surface area contributed by atoms with E-state index in [1.165, 1.54) is 0 Å². The Morgan fingerprint density at radius 3 is 2.52 bits per heavy atom. The van der Waals surface area contributed by atoms with Crippen molar-refractivity contribution in [2.24, 2.45) is 0 Å². The lowest BCUT2D eigenvalue weighted by molar-refractivity contribution is -0.136. The van der Waals surface area contributed by atoms with E-state index >= 15 is 0 Å². The molecule has 3 amide bonds. The molecule has 1 unspecified atom stereocenters. The van der Waals surface area contributed by atoms with Gasteiger partial charge in [-0.15, -0.1) is 0 Å². The van der Waals surface area contributed by atoms with E-state index in [4.69, 9.17) is 0 Å². The normalized spacial score (nSPS) is 23.3. The molecule has 1 aromatic carbocycles. The highest BCUT2D eigenvalue weighted by Crippen LogP contribution is 2.46. The van der Waals surface area contributed by atoms with E-state index in [-0.39, 0.29) is 24.1 Å². The molecule has 0 spiro atoms. The summed E-state index contributed by atoms with van der Waals surface area (Å²) >= 11 is 0. The van der Waals surface area contributed by atoms with Crippen molar-refractivity contribution >= 4 is 23.4 Å². The molecule has 1 fully saturated rings. The maximum Gasteiger partial charge on any atom is 0.249 e. The number of benzene rings is 1. The second-order valence-corrected chi connectivity index (χ2v) is 7.16. The number of hydrogen-bond acceptors (Lipinski definition) is 3. The second-order valence-electron chi connectivity index (χ2n) is 7.16. The average Bonchev–Trinajstić information content (AvgIpc) is 2.67. The summed E-state index contributed by atoms with van der Waals surface area (Å²) < 4.78 is 0. The number of piperidine rings is 1.